The largest absolute Gasteiger partial charge is 0.338 e. The van der Waals surface area contributed by atoms with E-state index in [0.717, 1.165) is 39.1 Å². The summed E-state index contributed by atoms with van der Waals surface area (Å²) in [6.45, 7) is 0. The standard InChI is InChI=1S/C22H14N6S/c1-2-7-23-17(4-1)13-10-16-20(27-28-22(16)25-12-13)18-11-15-14(19-5-3-9-29-19)6-8-24-21(15)26-18/h1-12H,(H,24,26)(H,25,27,28). The van der Waals surface area contributed by atoms with Crippen LogP contribution in [0.15, 0.2) is 72.5 Å². The van der Waals surface area contributed by atoms with Crippen molar-refractivity contribution < 1.29 is 0 Å². The number of nitrogens with one attached hydrogen (secondary N) is 2. The second-order valence-electron chi connectivity index (χ2n) is 6.69. The molecule has 0 unspecified atom stereocenters. The molecule has 0 aliphatic rings. The number of aromatic amines is 2. The number of hydrogen-bond donors (Lipinski definition) is 2. The molecule has 7 heteroatoms. The topological polar surface area (TPSA) is 83.1 Å². The van der Waals surface area contributed by atoms with Crippen LogP contribution >= 0.6 is 11.3 Å². The molecule has 138 valence electrons. The Morgan fingerprint density at radius 1 is 0.862 bits per heavy atom. The van der Waals surface area contributed by atoms with Crippen molar-refractivity contribution in [1.82, 2.24) is 30.1 Å². The summed E-state index contributed by atoms with van der Waals surface area (Å²) in [7, 11) is 0. The zero-order chi connectivity index (χ0) is 19.2. The molecule has 0 aromatic carbocycles. The van der Waals surface area contributed by atoms with E-state index in [0.29, 0.717) is 5.65 Å². The number of rotatable bonds is 3. The van der Waals surface area contributed by atoms with Crippen LogP contribution in [-0.4, -0.2) is 30.1 Å². The molecule has 0 radical (unpaired) electrons. The van der Waals surface area contributed by atoms with Gasteiger partial charge in [-0.15, -0.1) is 11.3 Å². The van der Waals surface area contributed by atoms with Gasteiger partial charge in [-0.05, 0) is 41.8 Å². The lowest BCUT2D eigenvalue weighted by atomic mass is 10.1. The molecule has 29 heavy (non-hydrogen) atoms. The van der Waals surface area contributed by atoms with Gasteiger partial charge in [0.15, 0.2) is 5.65 Å². The zero-order valence-corrected chi connectivity index (χ0v) is 15.9. The molecular weight excluding hydrogens is 380 g/mol. The summed E-state index contributed by atoms with van der Waals surface area (Å²) in [5.41, 5.74) is 6.34. The van der Waals surface area contributed by atoms with E-state index in [-0.39, 0.29) is 0 Å². The van der Waals surface area contributed by atoms with E-state index in [2.05, 4.69) is 65.8 Å². The van der Waals surface area contributed by atoms with E-state index in [4.69, 9.17) is 0 Å². The third kappa shape index (κ3) is 2.63. The monoisotopic (exact) mass is 394 g/mol. The molecule has 0 bridgehead atoms. The number of H-pyrrole nitrogens is 2. The van der Waals surface area contributed by atoms with Crippen molar-refractivity contribution in [2.45, 2.75) is 0 Å². The molecule has 0 saturated heterocycles. The van der Waals surface area contributed by atoms with Crippen molar-refractivity contribution in [2.75, 3.05) is 0 Å². The summed E-state index contributed by atoms with van der Waals surface area (Å²) in [5.74, 6) is 0. The van der Waals surface area contributed by atoms with Crippen molar-refractivity contribution in [2.24, 2.45) is 0 Å². The van der Waals surface area contributed by atoms with E-state index >= 15 is 0 Å². The van der Waals surface area contributed by atoms with Gasteiger partial charge in [-0.25, -0.2) is 9.97 Å². The predicted octanol–water partition coefficient (Wildman–Crippen LogP) is 5.29. The smallest absolute Gasteiger partial charge is 0.181 e. The third-order valence-electron chi connectivity index (χ3n) is 4.96. The molecule has 0 aliphatic heterocycles. The fraction of sp³-hybridized carbons (Fsp3) is 0. The Morgan fingerprint density at radius 2 is 1.86 bits per heavy atom. The van der Waals surface area contributed by atoms with Crippen molar-refractivity contribution in [3.63, 3.8) is 0 Å². The minimum Gasteiger partial charge on any atom is -0.338 e. The summed E-state index contributed by atoms with van der Waals surface area (Å²) in [5, 5.41) is 11.6. The third-order valence-corrected chi connectivity index (χ3v) is 5.86. The lowest BCUT2D eigenvalue weighted by molar-refractivity contribution is 1.10. The molecule has 0 atom stereocenters. The highest BCUT2D eigenvalue weighted by molar-refractivity contribution is 7.13. The summed E-state index contributed by atoms with van der Waals surface area (Å²) in [6.07, 6.45) is 5.42. The Labute approximate surface area is 169 Å². The van der Waals surface area contributed by atoms with Crippen LogP contribution < -0.4 is 0 Å². The summed E-state index contributed by atoms with van der Waals surface area (Å²) < 4.78 is 0. The zero-order valence-electron chi connectivity index (χ0n) is 15.1. The number of aromatic nitrogens is 6. The fourth-order valence-electron chi connectivity index (χ4n) is 3.59. The van der Waals surface area contributed by atoms with Gasteiger partial charge in [0.05, 0.1) is 17.1 Å². The van der Waals surface area contributed by atoms with E-state index < -0.39 is 0 Å². The lowest BCUT2D eigenvalue weighted by Crippen LogP contribution is -1.85. The van der Waals surface area contributed by atoms with Crippen molar-refractivity contribution >= 4 is 33.4 Å². The quantitative estimate of drug-likeness (QED) is 0.427. The van der Waals surface area contributed by atoms with Crippen LogP contribution in [0.25, 0.3) is 55.2 Å². The van der Waals surface area contributed by atoms with Crippen LogP contribution in [-0.2, 0) is 0 Å². The average molecular weight is 394 g/mol. The highest BCUT2D eigenvalue weighted by atomic mass is 32.1. The molecule has 0 aliphatic carbocycles. The van der Waals surface area contributed by atoms with Gasteiger partial charge in [0.1, 0.15) is 5.65 Å². The van der Waals surface area contributed by atoms with Crippen molar-refractivity contribution in [3.05, 3.63) is 72.5 Å². The number of fused-ring (bicyclic) bond motifs is 2. The SMILES string of the molecule is c1ccc(-c2cnc3n[nH]c(-c4cc5c(-c6cccs6)ccnc5[nH]4)c3c2)nc1. The first-order valence-corrected chi connectivity index (χ1v) is 10.0. The molecule has 0 fully saturated rings. The highest BCUT2D eigenvalue weighted by Crippen LogP contribution is 2.35. The Morgan fingerprint density at radius 3 is 2.72 bits per heavy atom. The van der Waals surface area contributed by atoms with Crippen molar-refractivity contribution in [3.8, 4) is 33.1 Å². The van der Waals surface area contributed by atoms with Crippen LogP contribution in [0.4, 0.5) is 0 Å². The Balaban J connectivity index is 1.53. The van der Waals surface area contributed by atoms with E-state index in [1.807, 2.05) is 24.4 Å². The molecule has 6 aromatic rings. The summed E-state index contributed by atoms with van der Waals surface area (Å²) in [4.78, 5) is 18.1. The second kappa shape index (κ2) is 6.35. The van der Waals surface area contributed by atoms with Gasteiger partial charge in [-0.1, -0.05) is 12.1 Å². The predicted molar refractivity (Wildman–Crippen MR) is 116 cm³/mol. The van der Waals surface area contributed by atoms with E-state index in [1.165, 1.54) is 10.4 Å². The van der Waals surface area contributed by atoms with Gasteiger partial charge in [-0.3, -0.25) is 10.1 Å². The first kappa shape index (κ1) is 16.1. The van der Waals surface area contributed by atoms with Gasteiger partial charge in [0.25, 0.3) is 0 Å². The van der Waals surface area contributed by atoms with Crippen LogP contribution in [0.5, 0.6) is 0 Å². The number of nitrogens with zero attached hydrogens (tertiary/aromatic N) is 4. The van der Waals surface area contributed by atoms with E-state index in [9.17, 15) is 0 Å². The molecule has 6 rings (SSSR count). The normalized spacial score (nSPS) is 11.4. The van der Waals surface area contributed by atoms with Crippen LogP contribution in [0.3, 0.4) is 0 Å². The van der Waals surface area contributed by atoms with Gasteiger partial charge in [0, 0.05) is 45.4 Å². The lowest BCUT2D eigenvalue weighted by Gasteiger charge is -2.00. The maximum absolute atomic E-state index is 4.52. The van der Waals surface area contributed by atoms with Crippen LogP contribution in [0, 0.1) is 0 Å². The van der Waals surface area contributed by atoms with Gasteiger partial charge >= 0.3 is 0 Å². The first-order valence-electron chi connectivity index (χ1n) is 9.14. The molecule has 0 spiro atoms. The highest BCUT2D eigenvalue weighted by Gasteiger charge is 2.15. The molecule has 6 nitrogen and oxygen atoms in total. The Bertz CT molecular complexity index is 1450. The van der Waals surface area contributed by atoms with Gasteiger partial charge < -0.3 is 4.98 Å². The molecule has 6 heterocycles. The minimum absolute atomic E-state index is 0.671. The van der Waals surface area contributed by atoms with Gasteiger partial charge in [-0.2, -0.15) is 5.10 Å². The first-order chi connectivity index (χ1) is 14.4. The fourth-order valence-corrected chi connectivity index (χ4v) is 4.35. The summed E-state index contributed by atoms with van der Waals surface area (Å²) in [6, 6.07) is 16.3. The molecule has 6 aromatic heterocycles. The molecule has 0 saturated carbocycles. The summed E-state index contributed by atoms with van der Waals surface area (Å²) >= 11 is 1.72. The molecule has 2 N–H and O–H groups in total. The second-order valence-corrected chi connectivity index (χ2v) is 7.64. The molecular formula is C22H14N6S. The molecule has 0 amide bonds. The minimum atomic E-state index is 0.671. The maximum Gasteiger partial charge on any atom is 0.181 e. The number of pyridine rings is 3. The Kier molecular flexibility index (Phi) is 3.54. The van der Waals surface area contributed by atoms with Gasteiger partial charge in [0.2, 0.25) is 0 Å². The van der Waals surface area contributed by atoms with Crippen LogP contribution in [0.1, 0.15) is 0 Å². The Hall–Kier alpha value is -3.84. The average Bonchev–Trinajstić information content (AvgIpc) is 3.52. The maximum atomic E-state index is 4.52. The van der Waals surface area contributed by atoms with Crippen molar-refractivity contribution in [1.29, 1.82) is 0 Å². The van der Waals surface area contributed by atoms with E-state index in [1.54, 1.807) is 23.7 Å². The number of thiophene rings is 1. The van der Waals surface area contributed by atoms with Crippen LogP contribution in [0.2, 0.25) is 0 Å². The number of hydrogen-bond acceptors (Lipinski definition) is 5.